The molecule has 5 heterocycles. The summed E-state index contributed by atoms with van der Waals surface area (Å²) in [5.41, 5.74) is 5.40. The maximum Gasteiger partial charge on any atom is 0.262 e. The Kier molecular flexibility index (Phi) is 19.8. The van der Waals surface area contributed by atoms with Crippen LogP contribution in [0, 0.1) is 11.6 Å². The lowest BCUT2D eigenvalue weighted by atomic mass is 10.0. The summed E-state index contributed by atoms with van der Waals surface area (Å²) in [4.78, 5) is 69.5. The fraction of sp³-hybridized carbons (Fsp3) is 0.464. The van der Waals surface area contributed by atoms with Gasteiger partial charge in [0.1, 0.15) is 17.7 Å². The Hall–Kier alpha value is -6.92. The van der Waals surface area contributed by atoms with E-state index in [1.807, 2.05) is 30.3 Å². The molecular weight excluding hydrogens is 1010 g/mol. The van der Waals surface area contributed by atoms with Crippen LogP contribution in [0.3, 0.4) is 0 Å². The van der Waals surface area contributed by atoms with E-state index in [9.17, 15) is 32.8 Å². The van der Waals surface area contributed by atoms with Crippen molar-refractivity contribution in [3.63, 3.8) is 0 Å². The second-order valence-electron chi connectivity index (χ2n) is 19.5. The molecule has 9 rings (SSSR count). The van der Waals surface area contributed by atoms with Gasteiger partial charge in [0, 0.05) is 100 Å². The molecule has 3 saturated heterocycles. The van der Waals surface area contributed by atoms with Gasteiger partial charge < -0.3 is 49.3 Å². The summed E-state index contributed by atoms with van der Waals surface area (Å²) in [5.74, 6) is -3.36. The molecule has 5 aromatic rings. The first-order chi connectivity index (χ1) is 38.1. The van der Waals surface area contributed by atoms with Crippen molar-refractivity contribution in [2.45, 2.75) is 50.6 Å². The Morgan fingerprint density at radius 3 is 2.09 bits per heavy atom. The third kappa shape index (κ3) is 15.0. The molecule has 4 aliphatic rings. The van der Waals surface area contributed by atoms with Crippen LogP contribution in [0.2, 0.25) is 0 Å². The molecule has 0 spiro atoms. The third-order valence-corrected chi connectivity index (χ3v) is 14.0. The van der Waals surface area contributed by atoms with E-state index in [0.29, 0.717) is 120 Å². The van der Waals surface area contributed by atoms with Crippen molar-refractivity contribution in [3.05, 3.63) is 112 Å². The Labute approximate surface area is 450 Å². The minimum absolute atomic E-state index is 0.0648. The minimum Gasteiger partial charge on any atom is -0.383 e. The summed E-state index contributed by atoms with van der Waals surface area (Å²) >= 11 is 0. The number of halogens is 2. The molecule has 78 heavy (non-hydrogen) atoms. The van der Waals surface area contributed by atoms with E-state index in [-0.39, 0.29) is 35.9 Å². The topological polar surface area (TPSA) is 227 Å². The number of anilines is 4. The van der Waals surface area contributed by atoms with Crippen molar-refractivity contribution >= 4 is 63.3 Å². The van der Waals surface area contributed by atoms with Gasteiger partial charge in [-0.2, -0.15) is 5.10 Å². The van der Waals surface area contributed by atoms with Gasteiger partial charge in [-0.25, -0.2) is 8.78 Å². The molecule has 1 atom stereocenters. The highest BCUT2D eigenvalue weighted by Gasteiger charge is 2.44. The molecule has 5 amide bonds. The Bertz CT molecular complexity index is 2870. The number of carbonyl (C=O) groups excluding carboxylic acids is 5. The fourth-order valence-electron chi connectivity index (χ4n) is 9.95. The molecule has 0 radical (unpaired) electrons. The van der Waals surface area contributed by atoms with Gasteiger partial charge in [0.2, 0.25) is 11.8 Å². The van der Waals surface area contributed by atoms with Gasteiger partial charge in [0.25, 0.3) is 17.7 Å². The van der Waals surface area contributed by atoms with E-state index in [4.69, 9.17) is 28.4 Å². The molecule has 0 saturated carbocycles. The van der Waals surface area contributed by atoms with Crippen molar-refractivity contribution in [1.29, 1.82) is 0 Å². The lowest BCUT2D eigenvalue weighted by molar-refractivity contribution is -0.136. The second-order valence-corrected chi connectivity index (χ2v) is 19.5. The summed E-state index contributed by atoms with van der Waals surface area (Å²) in [5, 5.41) is 20.1. The number of aromatic amines is 1. The lowest BCUT2D eigenvalue weighted by Gasteiger charge is -2.36. The van der Waals surface area contributed by atoms with Crippen LogP contribution < -0.4 is 26.2 Å². The highest BCUT2D eigenvalue weighted by molar-refractivity contribution is 6.23. The number of rotatable bonds is 28. The van der Waals surface area contributed by atoms with Gasteiger partial charge in [-0.15, -0.1) is 0 Å². The highest BCUT2D eigenvalue weighted by atomic mass is 19.1. The zero-order valence-electron chi connectivity index (χ0n) is 43.6. The Morgan fingerprint density at radius 2 is 1.38 bits per heavy atom. The number of hydrogen-bond donors (Lipinski definition) is 5. The average Bonchev–Trinajstić information content (AvgIpc) is 3.98. The van der Waals surface area contributed by atoms with Crippen LogP contribution in [-0.2, 0) is 44.4 Å². The van der Waals surface area contributed by atoms with E-state index in [2.05, 4.69) is 47.3 Å². The summed E-state index contributed by atoms with van der Waals surface area (Å²) in [6.07, 6.45) is 3.05. The maximum atomic E-state index is 14.0. The van der Waals surface area contributed by atoms with Crippen molar-refractivity contribution in [3.8, 4) is 0 Å². The summed E-state index contributed by atoms with van der Waals surface area (Å²) < 4.78 is 61.7. The van der Waals surface area contributed by atoms with E-state index in [0.717, 1.165) is 85.4 Å². The number of piperazine rings is 1. The SMILES string of the molecule is O=C1CCC(N2C(=O)c3ccc(NCCOCCOCCOCCOCCOCCCN4CCN(c5ccc(C(=O)Nc6n[nH]c7ccc(Cc8cc(F)cc(F)c8)cc67)c(NC6CCOCC6)c5)CC4)cc3C2=O)C(=O)N1. The number of fused-ring (bicyclic) bond motifs is 2. The molecule has 4 aromatic carbocycles. The van der Waals surface area contributed by atoms with Gasteiger partial charge >= 0.3 is 0 Å². The molecular formula is C56H67F2N9O11. The quantitative estimate of drug-likeness (QED) is 0.0313. The molecule has 0 bridgehead atoms. The number of amides is 5. The van der Waals surface area contributed by atoms with Gasteiger partial charge in [0.15, 0.2) is 5.82 Å². The van der Waals surface area contributed by atoms with Gasteiger partial charge in [-0.3, -0.25) is 44.2 Å². The zero-order chi connectivity index (χ0) is 54.2. The van der Waals surface area contributed by atoms with Crippen molar-refractivity contribution < 1.29 is 61.2 Å². The normalized spacial score (nSPS) is 17.2. The largest absolute Gasteiger partial charge is 0.383 e. The van der Waals surface area contributed by atoms with Crippen LogP contribution in [0.5, 0.6) is 0 Å². The van der Waals surface area contributed by atoms with Gasteiger partial charge in [-0.1, -0.05) is 6.07 Å². The van der Waals surface area contributed by atoms with E-state index in [1.54, 1.807) is 18.2 Å². The molecule has 5 N–H and O–H groups in total. The predicted octanol–water partition coefficient (Wildman–Crippen LogP) is 5.38. The number of nitrogens with zero attached hydrogens (tertiary/aromatic N) is 4. The molecule has 1 aromatic heterocycles. The number of carbonyl (C=O) groups is 5. The van der Waals surface area contributed by atoms with Gasteiger partial charge in [-0.05, 0) is 104 Å². The van der Waals surface area contributed by atoms with Crippen LogP contribution in [0.25, 0.3) is 10.9 Å². The second kappa shape index (κ2) is 27.6. The number of benzene rings is 4. The third-order valence-electron chi connectivity index (χ3n) is 14.0. The van der Waals surface area contributed by atoms with E-state index in [1.165, 1.54) is 12.1 Å². The lowest BCUT2D eigenvalue weighted by Crippen LogP contribution is -2.54. The van der Waals surface area contributed by atoms with Gasteiger partial charge in [0.05, 0.1) is 81.7 Å². The molecule has 0 aliphatic carbocycles. The van der Waals surface area contributed by atoms with E-state index < -0.39 is 41.3 Å². The number of hydrogen-bond acceptors (Lipinski definition) is 16. The van der Waals surface area contributed by atoms with E-state index >= 15 is 0 Å². The summed E-state index contributed by atoms with van der Waals surface area (Å²) in [6.45, 7) is 10.7. The Morgan fingerprint density at radius 1 is 0.705 bits per heavy atom. The molecule has 4 aliphatic heterocycles. The molecule has 416 valence electrons. The first-order valence-electron chi connectivity index (χ1n) is 26.7. The van der Waals surface area contributed by atoms with Crippen LogP contribution in [0.4, 0.5) is 31.7 Å². The first kappa shape index (κ1) is 55.8. The fourth-order valence-corrected chi connectivity index (χ4v) is 9.95. The summed E-state index contributed by atoms with van der Waals surface area (Å²) in [6, 6.07) is 19.0. The number of H-pyrrole nitrogens is 1. The van der Waals surface area contributed by atoms with Crippen molar-refractivity contribution in [1.82, 2.24) is 25.3 Å². The smallest absolute Gasteiger partial charge is 0.262 e. The van der Waals surface area contributed by atoms with Crippen molar-refractivity contribution in [2.24, 2.45) is 0 Å². The minimum atomic E-state index is -1.01. The first-order valence-corrected chi connectivity index (χ1v) is 26.7. The number of piperidine rings is 1. The number of nitrogens with one attached hydrogen (secondary N) is 5. The predicted molar refractivity (Wildman–Crippen MR) is 286 cm³/mol. The Balaban J connectivity index is 0.598. The zero-order valence-corrected chi connectivity index (χ0v) is 43.6. The number of ether oxygens (including phenoxy) is 6. The number of aromatic nitrogens is 2. The molecule has 3 fully saturated rings. The number of imide groups is 2. The van der Waals surface area contributed by atoms with Crippen LogP contribution in [-0.4, -0.2) is 180 Å². The summed E-state index contributed by atoms with van der Waals surface area (Å²) in [7, 11) is 0. The molecule has 20 nitrogen and oxygen atoms in total. The van der Waals surface area contributed by atoms with Crippen molar-refractivity contribution in [2.75, 3.05) is 139 Å². The molecule has 22 heteroatoms. The van der Waals surface area contributed by atoms with Crippen LogP contribution >= 0.6 is 0 Å². The highest BCUT2D eigenvalue weighted by Crippen LogP contribution is 2.32. The monoisotopic (exact) mass is 1080 g/mol. The van der Waals surface area contributed by atoms with Crippen LogP contribution in [0.1, 0.15) is 74.3 Å². The standard InChI is InChI=1S/C56H67F2N9O11/c57-39-31-38(32-40(58)34-39)30-37-2-7-48-47(33-37)52(64-63-48)62-53(69)45-6-4-43(36-49(45)60-41-10-19-74-20-11-41)66-16-14-65(15-17-66)13-1-18-73-22-24-76-26-28-78-29-27-77-25-23-75-21-12-59-42-3-5-44-46(35-42)56(72)67(55(44)71)50-8-9-51(68)61-54(50)70/h2-7,31-36,41,50,59-60H,1,8-30H2,(H,61,68,70)(H2,62,63,64,69). The maximum absolute atomic E-state index is 14.0. The average molecular weight is 1080 g/mol. The molecule has 1 unspecified atom stereocenters. The van der Waals surface area contributed by atoms with Crippen LogP contribution in [0.15, 0.2) is 72.8 Å².